The molecule has 4 nitrogen and oxygen atoms in total. The molecule has 1 amide bonds. The van der Waals surface area contributed by atoms with Gasteiger partial charge >= 0.3 is 5.97 Å². The minimum atomic E-state index is -0.780. The number of rotatable bonds is 6. The van der Waals surface area contributed by atoms with Crippen molar-refractivity contribution in [3.05, 3.63) is 29.8 Å². The van der Waals surface area contributed by atoms with Gasteiger partial charge < -0.3 is 10.1 Å². The molecule has 1 rings (SSSR count). The molecule has 0 aliphatic rings. The minimum Gasteiger partial charge on any atom is -0.453 e. The quantitative estimate of drug-likeness (QED) is 0.803. The van der Waals surface area contributed by atoms with Gasteiger partial charge in [-0.2, -0.15) is 0 Å². The van der Waals surface area contributed by atoms with Gasteiger partial charge in [0.2, 0.25) is 0 Å². The predicted octanol–water partition coefficient (Wildman–Crippen LogP) is 2.92. The van der Waals surface area contributed by atoms with Crippen molar-refractivity contribution in [3.63, 3.8) is 0 Å². The Morgan fingerprint density at radius 2 is 1.89 bits per heavy atom. The molecule has 1 N–H and O–H groups in total. The van der Waals surface area contributed by atoms with Crippen LogP contribution < -0.4 is 5.32 Å². The second kappa shape index (κ2) is 7.56. The number of hydrogen-bond donors (Lipinski definition) is 1. The maximum atomic E-state index is 11.7. The Balaban J connectivity index is 2.52. The number of unbranched alkanes of at least 4 members (excludes halogenated alkanes) is 1. The number of benzene rings is 1. The van der Waals surface area contributed by atoms with E-state index in [0.29, 0.717) is 5.69 Å². The van der Waals surface area contributed by atoms with Crippen LogP contribution in [0.1, 0.15) is 39.2 Å². The molecule has 0 saturated carbocycles. The number of esters is 1. The predicted molar refractivity (Wildman–Crippen MR) is 74.9 cm³/mol. The topological polar surface area (TPSA) is 55.4 Å². The minimum absolute atomic E-state index is 0.323. The van der Waals surface area contributed by atoms with E-state index >= 15 is 0 Å². The molecule has 0 bridgehead atoms. The van der Waals surface area contributed by atoms with Crippen molar-refractivity contribution >= 4 is 17.6 Å². The van der Waals surface area contributed by atoms with Crippen LogP contribution in [0.4, 0.5) is 5.69 Å². The van der Waals surface area contributed by atoms with Gasteiger partial charge in [0.15, 0.2) is 6.10 Å². The second-order valence-corrected chi connectivity index (χ2v) is 4.54. The maximum Gasteiger partial charge on any atom is 0.303 e. The molecule has 0 aromatic heterocycles. The number of aryl methyl sites for hydroxylation is 1. The summed E-state index contributed by atoms with van der Waals surface area (Å²) in [4.78, 5) is 22.5. The lowest BCUT2D eigenvalue weighted by Gasteiger charge is -2.12. The summed E-state index contributed by atoms with van der Waals surface area (Å²) in [6.45, 7) is 4.99. The van der Waals surface area contributed by atoms with Crippen LogP contribution in [0.15, 0.2) is 24.3 Å². The summed E-state index contributed by atoms with van der Waals surface area (Å²) in [5.41, 5.74) is 1.97. The van der Waals surface area contributed by atoms with E-state index in [-0.39, 0.29) is 5.91 Å². The Hall–Kier alpha value is -1.84. The van der Waals surface area contributed by atoms with E-state index in [1.807, 2.05) is 24.3 Å². The molecule has 4 heteroatoms. The standard InChI is InChI=1S/C15H21NO3/c1-4-5-6-13-7-9-14(10-8-13)16-15(18)11(2)19-12(3)17/h7-11H,4-6H2,1-3H3,(H,16,18). The molecule has 0 aliphatic heterocycles. The first-order valence-corrected chi connectivity index (χ1v) is 6.60. The number of carbonyl (C=O) groups is 2. The lowest BCUT2D eigenvalue weighted by Crippen LogP contribution is -2.29. The third kappa shape index (κ3) is 5.55. The van der Waals surface area contributed by atoms with Gasteiger partial charge in [0, 0.05) is 12.6 Å². The van der Waals surface area contributed by atoms with Crippen molar-refractivity contribution in [3.8, 4) is 0 Å². The number of nitrogens with one attached hydrogen (secondary N) is 1. The highest BCUT2D eigenvalue weighted by Crippen LogP contribution is 2.12. The Labute approximate surface area is 114 Å². The van der Waals surface area contributed by atoms with Gasteiger partial charge in [0.25, 0.3) is 5.91 Å². The van der Waals surface area contributed by atoms with Crippen LogP contribution >= 0.6 is 0 Å². The van der Waals surface area contributed by atoms with Crippen LogP contribution in [0.3, 0.4) is 0 Å². The van der Waals surface area contributed by atoms with Gasteiger partial charge in [0.1, 0.15) is 0 Å². The molecule has 104 valence electrons. The van der Waals surface area contributed by atoms with E-state index < -0.39 is 12.1 Å². The summed E-state index contributed by atoms with van der Waals surface area (Å²) in [7, 11) is 0. The van der Waals surface area contributed by atoms with E-state index in [1.165, 1.54) is 18.9 Å². The van der Waals surface area contributed by atoms with Crippen molar-refractivity contribution in [2.45, 2.75) is 46.1 Å². The summed E-state index contributed by atoms with van der Waals surface area (Å²) >= 11 is 0. The summed E-state index contributed by atoms with van der Waals surface area (Å²) in [5, 5.41) is 2.71. The second-order valence-electron chi connectivity index (χ2n) is 4.54. The average molecular weight is 263 g/mol. The average Bonchev–Trinajstić information content (AvgIpc) is 2.37. The zero-order chi connectivity index (χ0) is 14.3. The largest absolute Gasteiger partial charge is 0.453 e. The van der Waals surface area contributed by atoms with Crippen molar-refractivity contribution < 1.29 is 14.3 Å². The Morgan fingerprint density at radius 3 is 2.42 bits per heavy atom. The SMILES string of the molecule is CCCCc1ccc(NC(=O)C(C)OC(C)=O)cc1. The maximum absolute atomic E-state index is 11.7. The molecule has 0 saturated heterocycles. The fraction of sp³-hybridized carbons (Fsp3) is 0.467. The first kappa shape index (κ1) is 15.2. The van der Waals surface area contributed by atoms with Crippen molar-refractivity contribution in [1.82, 2.24) is 0 Å². The van der Waals surface area contributed by atoms with E-state index in [9.17, 15) is 9.59 Å². The molecular formula is C15H21NO3. The van der Waals surface area contributed by atoms with E-state index in [2.05, 4.69) is 12.2 Å². The third-order valence-electron chi connectivity index (χ3n) is 2.75. The highest BCUT2D eigenvalue weighted by Gasteiger charge is 2.15. The molecule has 0 fully saturated rings. The fourth-order valence-corrected chi connectivity index (χ4v) is 1.68. The zero-order valence-corrected chi connectivity index (χ0v) is 11.7. The molecular weight excluding hydrogens is 242 g/mol. The highest BCUT2D eigenvalue weighted by atomic mass is 16.5. The molecule has 1 unspecified atom stereocenters. The fourth-order valence-electron chi connectivity index (χ4n) is 1.68. The Morgan fingerprint density at radius 1 is 1.26 bits per heavy atom. The van der Waals surface area contributed by atoms with Crippen molar-refractivity contribution in [1.29, 1.82) is 0 Å². The Bertz CT molecular complexity index is 426. The summed E-state index contributed by atoms with van der Waals surface area (Å²) in [5.74, 6) is -0.783. The van der Waals surface area contributed by atoms with Crippen LogP contribution in [0.25, 0.3) is 0 Å². The van der Waals surface area contributed by atoms with Crippen LogP contribution in [0, 0.1) is 0 Å². The smallest absolute Gasteiger partial charge is 0.303 e. The molecule has 19 heavy (non-hydrogen) atoms. The highest BCUT2D eigenvalue weighted by molar-refractivity contribution is 5.94. The summed E-state index contributed by atoms with van der Waals surface area (Å²) in [6.07, 6.45) is 2.60. The monoisotopic (exact) mass is 263 g/mol. The van der Waals surface area contributed by atoms with Gasteiger partial charge in [-0.25, -0.2) is 0 Å². The van der Waals surface area contributed by atoms with E-state index in [0.717, 1.165) is 12.8 Å². The number of ether oxygens (including phenoxy) is 1. The molecule has 0 spiro atoms. The van der Waals surface area contributed by atoms with Crippen molar-refractivity contribution in [2.75, 3.05) is 5.32 Å². The van der Waals surface area contributed by atoms with Gasteiger partial charge in [-0.1, -0.05) is 25.5 Å². The molecule has 0 heterocycles. The van der Waals surface area contributed by atoms with Crippen LogP contribution in [-0.4, -0.2) is 18.0 Å². The van der Waals surface area contributed by atoms with Crippen molar-refractivity contribution in [2.24, 2.45) is 0 Å². The van der Waals surface area contributed by atoms with Gasteiger partial charge in [-0.05, 0) is 37.5 Å². The summed E-state index contributed by atoms with van der Waals surface area (Å²) in [6, 6.07) is 7.73. The normalized spacial score (nSPS) is 11.7. The van der Waals surface area contributed by atoms with E-state index in [4.69, 9.17) is 4.74 Å². The third-order valence-corrected chi connectivity index (χ3v) is 2.75. The number of carbonyl (C=O) groups excluding carboxylic acids is 2. The van der Waals surface area contributed by atoms with Crippen LogP contribution in [0.5, 0.6) is 0 Å². The number of amides is 1. The van der Waals surface area contributed by atoms with Gasteiger partial charge in [-0.15, -0.1) is 0 Å². The number of hydrogen-bond acceptors (Lipinski definition) is 3. The van der Waals surface area contributed by atoms with Gasteiger partial charge in [-0.3, -0.25) is 9.59 Å². The molecule has 0 radical (unpaired) electrons. The first-order valence-electron chi connectivity index (χ1n) is 6.60. The lowest BCUT2D eigenvalue weighted by molar-refractivity contribution is -0.150. The molecule has 1 atom stereocenters. The lowest BCUT2D eigenvalue weighted by atomic mass is 10.1. The van der Waals surface area contributed by atoms with E-state index in [1.54, 1.807) is 6.92 Å². The molecule has 1 aromatic rings. The van der Waals surface area contributed by atoms with Crippen LogP contribution in [0.2, 0.25) is 0 Å². The molecule has 0 aliphatic carbocycles. The van der Waals surface area contributed by atoms with Gasteiger partial charge in [0.05, 0.1) is 0 Å². The first-order chi connectivity index (χ1) is 9.02. The number of anilines is 1. The molecule has 1 aromatic carbocycles. The zero-order valence-electron chi connectivity index (χ0n) is 11.7. The van der Waals surface area contributed by atoms with Crippen LogP contribution in [-0.2, 0) is 20.7 Å². The summed E-state index contributed by atoms with van der Waals surface area (Å²) < 4.78 is 4.81. The Kier molecular flexibility index (Phi) is 6.06.